The van der Waals surface area contributed by atoms with Gasteiger partial charge in [-0.15, -0.1) is 0 Å². The lowest BCUT2D eigenvalue weighted by atomic mass is 10.1. The number of amides is 1. The molecule has 8 nitrogen and oxygen atoms in total. The molecule has 0 bridgehead atoms. The average Bonchev–Trinajstić information content (AvgIpc) is 2.33. The number of nitro groups is 1. The van der Waals surface area contributed by atoms with Crippen LogP contribution in [0.2, 0.25) is 0 Å². The molecule has 2 atom stereocenters. The first-order chi connectivity index (χ1) is 9.22. The predicted octanol–water partition coefficient (Wildman–Crippen LogP) is 0.467. The van der Waals surface area contributed by atoms with Crippen molar-refractivity contribution in [3.05, 3.63) is 39.4 Å². The van der Waals surface area contributed by atoms with E-state index in [0.717, 1.165) is 6.07 Å². The van der Waals surface area contributed by atoms with E-state index in [1.807, 2.05) is 0 Å². The summed E-state index contributed by atoms with van der Waals surface area (Å²) in [6.07, 6.45) is -1.30. The van der Waals surface area contributed by atoms with Crippen LogP contribution in [0.3, 0.4) is 0 Å². The van der Waals surface area contributed by atoms with Crippen molar-refractivity contribution in [1.29, 1.82) is 0 Å². The Kier molecular flexibility index (Phi) is 4.76. The molecule has 1 aromatic rings. The summed E-state index contributed by atoms with van der Waals surface area (Å²) in [5.74, 6) is -2.19. The second kappa shape index (κ2) is 6.11. The summed E-state index contributed by atoms with van der Waals surface area (Å²) in [5.41, 5.74) is 0.191. The van der Waals surface area contributed by atoms with E-state index >= 15 is 0 Å². The van der Waals surface area contributed by atoms with Gasteiger partial charge in [0.05, 0.1) is 11.0 Å². The summed E-state index contributed by atoms with van der Waals surface area (Å²) < 4.78 is 0. The quantitative estimate of drug-likeness (QED) is 0.531. The molecule has 1 aromatic carbocycles. The maximum Gasteiger partial charge on any atom is 0.328 e. The molecule has 0 saturated carbocycles. The summed E-state index contributed by atoms with van der Waals surface area (Å²) in [7, 11) is 0. The predicted molar refractivity (Wildman–Crippen MR) is 68.4 cm³/mol. The maximum absolute atomic E-state index is 11.9. The topological polar surface area (TPSA) is 130 Å². The van der Waals surface area contributed by atoms with Crippen LogP contribution in [0.4, 0.5) is 5.69 Å². The number of carbonyl (C=O) groups excluding carboxylic acids is 1. The standard InChI is InChI=1S/C12H14N2O6/c1-6-3-8(5-9(4-6)14(19)20)11(16)13-10(7(2)15)12(17)18/h3-5,7,10,15H,1-2H3,(H,13,16)(H,17,18). The lowest BCUT2D eigenvalue weighted by molar-refractivity contribution is -0.384. The highest BCUT2D eigenvalue weighted by Crippen LogP contribution is 2.16. The van der Waals surface area contributed by atoms with Crippen molar-refractivity contribution in [1.82, 2.24) is 5.32 Å². The molecule has 0 fully saturated rings. The molecule has 0 aliphatic rings. The van der Waals surface area contributed by atoms with Crippen molar-refractivity contribution in [3.8, 4) is 0 Å². The van der Waals surface area contributed by atoms with E-state index in [-0.39, 0.29) is 11.3 Å². The van der Waals surface area contributed by atoms with Gasteiger partial charge in [0.1, 0.15) is 0 Å². The number of aliphatic hydroxyl groups is 1. The number of aliphatic hydroxyl groups excluding tert-OH is 1. The van der Waals surface area contributed by atoms with Gasteiger partial charge in [-0.1, -0.05) is 0 Å². The minimum absolute atomic E-state index is 0.0383. The van der Waals surface area contributed by atoms with Gasteiger partial charge in [-0.05, 0) is 25.5 Å². The molecular weight excluding hydrogens is 268 g/mol. The molecule has 1 amide bonds. The van der Waals surface area contributed by atoms with E-state index in [0.29, 0.717) is 5.56 Å². The zero-order chi connectivity index (χ0) is 15.4. The van der Waals surface area contributed by atoms with Crippen LogP contribution in [-0.4, -0.2) is 39.2 Å². The monoisotopic (exact) mass is 282 g/mol. The zero-order valence-corrected chi connectivity index (χ0v) is 10.9. The highest BCUT2D eigenvalue weighted by Gasteiger charge is 2.26. The van der Waals surface area contributed by atoms with Gasteiger partial charge in [-0.2, -0.15) is 0 Å². The van der Waals surface area contributed by atoms with Crippen LogP contribution in [0.25, 0.3) is 0 Å². The van der Waals surface area contributed by atoms with Crippen molar-refractivity contribution >= 4 is 17.6 Å². The number of carbonyl (C=O) groups is 2. The van der Waals surface area contributed by atoms with Crippen molar-refractivity contribution in [3.63, 3.8) is 0 Å². The molecular formula is C12H14N2O6. The van der Waals surface area contributed by atoms with Crippen molar-refractivity contribution < 1.29 is 24.7 Å². The molecule has 3 N–H and O–H groups in total. The zero-order valence-electron chi connectivity index (χ0n) is 10.9. The number of aryl methyl sites for hydroxylation is 1. The molecule has 0 aromatic heterocycles. The van der Waals surface area contributed by atoms with Crippen LogP contribution >= 0.6 is 0 Å². The molecule has 20 heavy (non-hydrogen) atoms. The first-order valence-electron chi connectivity index (χ1n) is 5.70. The fourth-order valence-electron chi connectivity index (χ4n) is 1.61. The summed E-state index contributed by atoms with van der Waals surface area (Å²) in [5, 5.41) is 30.9. The van der Waals surface area contributed by atoms with Gasteiger partial charge in [0, 0.05) is 17.7 Å². The molecule has 2 unspecified atom stereocenters. The molecule has 1 rings (SSSR count). The lowest BCUT2D eigenvalue weighted by Crippen LogP contribution is -2.47. The minimum atomic E-state index is -1.48. The van der Waals surface area contributed by atoms with E-state index < -0.39 is 28.9 Å². The number of carboxylic acid groups (broad SMARTS) is 1. The number of nitrogens with one attached hydrogen (secondary N) is 1. The number of benzene rings is 1. The number of rotatable bonds is 5. The Labute approximate surface area is 114 Å². The Morgan fingerprint density at radius 1 is 1.35 bits per heavy atom. The van der Waals surface area contributed by atoms with Crippen LogP contribution in [-0.2, 0) is 4.79 Å². The number of nitro benzene ring substituents is 1. The van der Waals surface area contributed by atoms with Gasteiger partial charge >= 0.3 is 5.97 Å². The van der Waals surface area contributed by atoms with E-state index in [9.17, 15) is 24.8 Å². The third-order valence-electron chi connectivity index (χ3n) is 2.57. The SMILES string of the molecule is Cc1cc(C(=O)NC(C(=O)O)C(C)O)cc([N+](=O)[O-])c1. The maximum atomic E-state index is 11.9. The third-order valence-corrected chi connectivity index (χ3v) is 2.57. The molecule has 0 saturated heterocycles. The Balaban J connectivity index is 3.03. The molecule has 8 heteroatoms. The fourth-order valence-corrected chi connectivity index (χ4v) is 1.61. The number of non-ortho nitro benzene ring substituents is 1. The lowest BCUT2D eigenvalue weighted by Gasteiger charge is -2.17. The summed E-state index contributed by atoms with van der Waals surface area (Å²) in [6, 6.07) is 2.24. The Bertz CT molecular complexity index is 555. The van der Waals surface area contributed by atoms with E-state index in [2.05, 4.69) is 5.32 Å². The van der Waals surface area contributed by atoms with Crippen LogP contribution in [0.15, 0.2) is 18.2 Å². The molecule has 0 radical (unpaired) electrons. The smallest absolute Gasteiger partial charge is 0.328 e. The van der Waals surface area contributed by atoms with Crippen LogP contribution < -0.4 is 5.32 Å². The number of nitrogens with zero attached hydrogens (tertiary/aromatic N) is 1. The van der Waals surface area contributed by atoms with Crippen LogP contribution in [0, 0.1) is 17.0 Å². The highest BCUT2D eigenvalue weighted by atomic mass is 16.6. The molecule has 0 aliphatic carbocycles. The van der Waals surface area contributed by atoms with Gasteiger partial charge in [0.25, 0.3) is 11.6 Å². The third kappa shape index (κ3) is 3.75. The Morgan fingerprint density at radius 3 is 2.40 bits per heavy atom. The van der Waals surface area contributed by atoms with Gasteiger partial charge in [0.2, 0.25) is 0 Å². The Hall–Kier alpha value is -2.48. The van der Waals surface area contributed by atoms with Gasteiger partial charge in [-0.25, -0.2) is 4.79 Å². The molecule has 0 heterocycles. The number of carboxylic acids is 1. The van der Waals surface area contributed by atoms with E-state index in [1.165, 1.54) is 19.1 Å². The minimum Gasteiger partial charge on any atom is -0.480 e. The fraction of sp³-hybridized carbons (Fsp3) is 0.333. The first-order valence-corrected chi connectivity index (χ1v) is 5.70. The summed E-state index contributed by atoms with van der Waals surface area (Å²) in [4.78, 5) is 32.8. The van der Waals surface area contributed by atoms with E-state index in [1.54, 1.807) is 6.92 Å². The summed E-state index contributed by atoms with van der Waals surface area (Å²) >= 11 is 0. The largest absolute Gasteiger partial charge is 0.480 e. The van der Waals surface area contributed by atoms with Crippen molar-refractivity contribution in [2.45, 2.75) is 26.0 Å². The van der Waals surface area contributed by atoms with Gasteiger partial charge in [0.15, 0.2) is 6.04 Å². The number of aliphatic carboxylic acids is 1. The van der Waals surface area contributed by atoms with E-state index in [4.69, 9.17) is 5.11 Å². The number of hydrogen-bond donors (Lipinski definition) is 3. The van der Waals surface area contributed by atoms with Crippen LogP contribution in [0.5, 0.6) is 0 Å². The average molecular weight is 282 g/mol. The normalized spacial score (nSPS) is 13.3. The second-order valence-corrected chi connectivity index (χ2v) is 4.34. The summed E-state index contributed by atoms with van der Waals surface area (Å²) in [6.45, 7) is 2.80. The molecule has 0 spiro atoms. The highest BCUT2D eigenvalue weighted by molar-refractivity contribution is 5.97. The second-order valence-electron chi connectivity index (χ2n) is 4.34. The van der Waals surface area contributed by atoms with Crippen molar-refractivity contribution in [2.75, 3.05) is 0 Å². The molecule has 0 aliphatic heterocycles. The van der Waals surface area contributed by atoms with Crippen LogP contribution in [0.1, 0.15) is 22.8 Å². The number of hydrogen-bond acceptors (Lipinski definition) is 5. The van der Waals surface area contributed by atoms with Gasteiger partial charge < -0.3 is 15.5 Å². The Morgan fingerprint density at radius 2 is 1.95 bits per heavy atom. The van der Waals surface area contributed by atoms with Crippen molar-refractivity contribution in [2.24, 2.45) is 0 Å². The van der Waals surface area contributed by atoms with Gasteiger partial charge in [-0.3, -0.25) is 14.9 Å². The first kappa shape index (κ1) is 15.6. The molecule has 108 valence electrons.